The van der Waals surface area contributed by atoms with E-state index in [1.54, 1.807) is 0 Å². The first-order valence-corrected chi connectivity index (χ1v) is 7.48. The van der Waals surface area contributed by atoms with Crippen molar-refractivity contribution in [2.75, 3.05) is 26.2 Å². The molecule has 22 heavy (non-hydrogen) atoms. The Labute approximate surface area is 136 Å². The highest BCUT2D eigenvalue weighted by atomic mass is 35.5. The van der Waals surface area contributed by atoms with Crippen molar-refractivity contribution in [3.8, 4) is 0 Å². The molecule has 1 saturated heterocycles. The van der Waals surface area contributed by atoms with Crippen molar-refractivity contribution in [2.45, 2.75) is 38.4 Å². The Morgan fingerprint density at radius 2 is 1.73 bits per heavy atom. The van der Waals surface area contributed by atoms with Gasteiger partial charge in [0.25, 0.3) is 0 Å². The summed E-state index contributed by atoms with van der Waals surface area (Å²) in [6.07, 6.45) is -4.93. The van der Waals surface area contributed by atoms with Crippen molar-refractivity contribution in [1.82, 2.24) is 10.2 Å². The van der Waals surface area contributed by atoms with Gasteiger partial charge in [0.15, 0.2) is 0 Å². The van der Waals surface area contributed by atoms with Crippen LogP contribution in [0.3, 0.4) is 0 Å². The fraction of sp³-hybridized carbons (Fsp3) is 0.625. The Hall–Kier alpha value is -0.780. The topological polar surface area (TPSA) is 15.3 Å². The summed E-state index contributed by atoms with van der Waals surface area (Å²) >= 11 is 0. The molecule has 1 aromatic rings. The van der Waals surface area contributed by atoms with Crippen LogP contribution in [0.25, 0.3) is 0 Å². The van der Waals surface area contributed by atoms with Crippen LogP contribution in [-0.4, -0.2) is 37.3 Å². The van der Waals surface area contributed by atoms with Gasteiger partial charge in [0.05, 0.1) is 6.42 Å². The van der Waals surface area contributed by atoms with Gasteiger partial charge < -0.3 is 5.32 Å². The molecule has 0 amide bonds. The van der Waals surface area contributed by atoms with Gasteiger partial charge in [-0.15, -0.1) is 12.4 Å². The van der Waals surface area contributed by atoms with Crippen LogP contribution in [0.2, 0.25) is 0 Å². The molecule has 1 aliphatic rings. The predicted octanol–water partition coefficient (Wildman–Crippen LogP) is 4.13. The lowest BCUT2D eigenvalue weighted by Gasteiger charge is -2.36. The fourth-order valence-electron chi connectivity index (χ4n) is 2.80. The van der Waals surface area contributed by atoms with E-state index in [1.807, 2.05) is 29.2 Å². The van der Waals surface area contributed by atoms with Gasteiger partial charge in [0, 0.05) is 32.2 Å². The zero-order valence-electron chi connectivity index (χ0n) is 13.0. The molecule has 1 aromatic carbocycles. The van der Waals surface area contributed by atoms with Crippen LogP contribution >= 0.6 is 12.4 Å². The Morgan fingerprint density at radius 1 is 1.14 bits per heavy atom. The monoisotopic (exact) mass is 336 g/mol. The molecule has 0 radical (unpaired) electrons. The molecular weight excluding hydrogens is 313 g/mol. The van der Waals surface area contributed by atoms with E-state index in [9.17, 15) is 13.2 Å². The van der Waals surface area contributed by atoms with Crippen LogP contribution in [0, 0.1) is 0 Å². The molecule has 1 heterocycles. The Balaban J connectivity index is 0.00000242. The smallest absolute Gasteiger partial charge is 0.314 e. The summed E-state index contributed by atoms with van der Waals surface area (Å²) in [7, 11) is 0. The first-order chi connectivity index (χ1) is 9.87. The van der Waals surface area contributed by atoms with Gasteiger partial charge in [-0.25, -0.2) is 0 Å². The van der Waals surface area contributed by atoms with Gasteiger partial charge in [0.2, 0.25) is 0 Å². The summed E-state index contributed by atoms with van der Waals surface area (Å²) < 4.78 is 38.9. The van der Waals surface area contributed by atoms with E-state index in [0.717, 1.165) is 24.2 Å². The highest BCUT2D eigenvalue weighted by molar-refractivity contribution is 5.85. The van der Waals surface area contributed by atoms with Gasteiger partial charge >= 0.3 is 6.18 Å². The lowest BCUT2D eigenvalue weighted by molar-refractivity contribution is -0.148. The van der Waals surface area contributed by atoms with Crippen LogP contribution in [0.5, 0.6) is 0 Å². The third-order valence-electron chi connectivity index (χ3n) is 3.98. The molecule has 126 valence electrons. The van der Waals surface area contributed by atoms with E-state index in [2.05, 4.69) is 19.2 Å². The molecule has 1 aliphatic heterocycles. The van der Waals surface area contributed by atoms with Crippen LogP contribution in [0.15, 0.2) is 24.3 Å². The maximum absolute atomic E-state index is 13.0. The number of hydrogen-bond donors (Lipinski definition) is 1. The number of rotatable bonds is 4. The largest absolute Gasteiger partial charge is 0.390 e. The number of halogens is 4. The van der Waals surface area contributed by atoms with Crippen molar-refractivity contribution < 1.29 is 13.2 Å². The maximum Gasteiger partial charge on any atom is 0.390 e. The van der Waals surface area contributed by atoms with E-state index in [1.165, 1.54) is 0 Å². The van der Waals surface area contributed by atoms with E-state index in [0.29, 0.717) is 19.0 Å². The van der Waals surface area contributed by atoms with Crippen molar-refractivity contribution in [3.05, 3.63) is 35.4 Å². The second-order valence-electron chi connectivity index (χ2n) is 5.95. The molecule has 1 fully saturated rings. The van der Waals surface area contributed by atoms with E-state index in [4.69, 9.17) is 0 Å². The van der Waals surface area contributed by atoms with Crippen molar-refractivity contribution in [1.29, 1.82) is 0 Å². The Bertz CT molecular complexity index is 457. The minimum atomic E-state index is -4.15. The van der Waals surface area contributed by atoms with Gasteiger partial charge in [0.1, 0.15) is 0 Å². The third kappa shape index (κ3) is 5.45. The Kier molecular flexibility index (Phi) is 7.16. The number of benzene rings is 1. The molecule has 0 aromatic heterocycles. The molecule has 0 saturated carbocycles. The van der Waals surface area contributed by atoms with Crippen molar-refractivity contribution >= 4 is 12.4 Å². The first-order valence-electron chi connectivity index (χ1n) is 7.48. The van der Waals surface area contributed by atoms with Gasteiger partial charge in [-0.2, -0.15) is 13.2 Å². The predicted molar refractivity (Wildman–Crippen MR) is 85.6 cm³/mol. The van der Waals surface area contributed by atoms with Crippen molar-refractivity contribution in [2.24, 2.45) is 0 Å². The minimum Gasteiger partial charge on any atom is -0.314 e. The van der Waals surface area contributed by atoms with E-state index >= 15 is 0 Å². The highest BCUT2D eigenvalue weighted by Crippen LogP contribution is 2.34. The van der Waals surface area contributed by atoms with Crippen molar-refractivity contribution in [3.63, 3.8) is 0 Å². The number of nitrogens with zero attached hydrogens (tertiary/aromatic N) is 1. The quantitative estimate of drug-likeness (QED) is 0.889. The van der Waals surface area contributed by atoms with Gasteiger partial charge in [-0.05, 0) is 17.0 Å². The number of nitrogens with one attached hydrogen (secondary N) is 1. The molecule has 1 N–H and O–H groups in total. The second kappa shape index (κ2) is 8.18. The van der Waals surface area contributed by atoms with Gasteiger partial charge in [-0.3, -0.25) is 4.90 Å². The number of hydrogen-bond acceptors (Lipinski definition) is 2. The SMILES string of the molecule is CC(C)c1cccc([C@H](CC(F)(F)F)N2CCNCC2)c1.Cl. The molecule has 0 bridgehead atoms. The second-order valence-corrected chi connectivity index (χ2v) is 5.95. The number of alkyl halides is 3. The summed E-state index contributed by atoms with van der Waals surface area (Å²) in [5, 5.41) is 3.19. The standard InChI is InChI=1S/C16H23F3N2.ClH/c1-12(2)13-4-3-5-14(10-13)15(11-16(17,18)19)21-8-6-20-7-9-21;/h3-5,10,12,15,20H,6-9,11H2,1-2H3;1H/t15-;/m0./s1. The lowest BCUT2D eigenvalue weighted by atomic mass is 9.95. The maximum atomic E-state index is 13.0. The van der Waals surface area contributed by atoms with Crippen LogP contribution in [-0.2, 0) is 0 Å². The molecule has 0 unspecified atom stereocenters. The summed E-state index contributed by atoms with van der Waals surface area (Å²) in [6, 6.07) is 7.03. The molecule has 1 atom stereocenters. The normalized spacial score (nSPS) is 18.1. The zero-order valence-corrected chi connectivity index (χ0v) is 13.8. The van der Waals surface area contributed by atoms with Crippen LogP contribution < -0.4 is 5.32 Å². The molecule has 2 rings (SSSR count). The molecule has 2 nitrogen and oxygen atoms in total. The summed E-state index contributed by atoms with van der Waals surface area (Å²) in [4.78, 5) is 1.95. The first kappa shape index (κ1) is 19.3. The zero-order chi connectivity index (χ0) is 15.5. The average Bonchev–Trinajstić information content (AvgIpc) is 2.45. The lowest BCUT2D eigenvalue weighted by Crippen LogP contribution is -2.46. The minimum absolute atomic E-state index is 0. The molecule has 0 spiro atoms. The van der Waals surface area contributed by atoms with E-state index in [-0.39, 0.29) is 12.4 Å². The summed E-state index contributed by atoms with van der Waals surface area (Å²) in [5.41, 5.74) is 1.87. The summed E-state index contributed by atoms with van der Waals surface area (Å²) in [6.45, 7) is 6.93. The average molecular weight is 337 g/mol. The molecule has 6 heteroatoms. The van der Waals surface area contributed by atoms with E-state index < -0.39 is 18.6 Å². The van der Waals surface area contributed by atoms with Crippen LogP contribution in [0.4, 0.5) is 13.2 Å². The molecule has 0 aliphatic carbocycles. The third-order valence-corrected chi connectivity index (χ3v) is 3.98. The number of piperazine rings is 1. The Morgan fingerprint density at radius 3 is 2.27 bits per heavy atom. The van der Waals surface area contributed by atoms with Gasteiger partial charge in [-0.1, -0.05) is 38.1 Å². The van der Waals surface area contributed by atoms with Crippen LogP contribution in [0.1, 0.15) is 43.4 Å². The molecular formula is C16H24ClF3N2. The summed E-state index contributed by atoms with van der Waals surface area (Å²) in [5.74, 6) is 0.319. The fourth-order valence-corrected chi connectivity index (χ4v) is 2.80. The highest BCUT2D eigenvalue weighted by Gasteiger charge is 2.36.